The maximum Gasteiger partial charge on any atom is 0.319 e. The Morgan fingerprint density at radius 2 is 2.21 bits per heavy atom. The van der Waals surface area contributed by atoms with Gasteiger partial charge in [-0.2, -0.15) is 9.97 Å². The van der Waals surface area contributed by atoms with Gasteiger partial charge in [0.05, 0.1) is 37.0 Å². The van der Waals surface area contributed by atoms with Crippen LogP contribution in [0.2, 0.25) is 5.02 Å². The highest BCUT2D eigenvalue weighted by molar-refractivity contribution is 9.10. The van der Waals surface area contributed by atoms with Crippen LogP contribution in [0.15, 0.2) is 10.5 Å². The van der Waals surface area contributed by atoms with Gasteiger partial charge in [-0.05, 0) is 41.4 Å². The van der Waals surface area contributed by atoms with Gasteiger partial charge in [-0.3, -0.25) is 4.90 Å². The molecule has 11 heteroatoms. The molecule has 33 heavy (non-hydrogen) atoms. The molecule has 0 spiro atoms. The summed E-state index contributed by atoms with van der Waals surface area (Å²) in [5.74, 6) is -0.896. The van der Waals surface area contributed by atoms with E-state index >= 15 is 4.39 Å². The first-order valence-corrected chi connectivity index (χ1v) is 12.2. The first-order valence-electron chi connectivity index (χ1n) is 12.0. The molecule has 4 aliphatic rings. The number of nitrogens with zero attached hydrogens (tertiary/aromatic N) is 4. The third kappa shape index (κ3) is 3.59. The van der Waals surface area contributed by atoms with Crippen LogP contribution in [0.4, 0.5) is 19.0 Å². The molecule has 2 aromatic rings. The van der Waals surface area contributed by atoms with Gasteiger partial charge in [0.1, 0.15) is 30.2 Å². The molecule has 1 aliphatic carbocycles. The Morgan fingerprint density at radius 3 is 3.06 bits per heavy atom. The van der Waals surface area contributed by atoms with Crippen LogP contribution in [0.3, 0.4) is 0 Å². The fourth-order valence-electron chi connectivity index (χ4n) is 5.49. The Balaban J connectivity index is 1.46. The van der Waals surface area contributed by atoms with E-state index in [-0.39, 0.29) is 51.7 Å². The molecule has 3 saturated heterocycles. The summed E-state index contributed by atoms with van der Waals surface area (Å²) in [5.41, 5.74) is -1.29. The second-order valence-corrected chi connectivity index (χ2v) is 10.4. The normalized spacial score (nSPS) is 35.1. The van der Waals surface area contributed by atoms with Gasteiger partial charge in [0.2, 0.25) is 0 Å². The highest BCUT2D eigenvalue weighted by Gasteiger charge is 2.56. The molecule has 4 heterocycles. The number of rotatable bonds is 4. The third-order valence-electron chi connectivity index (χ3n) is 7.17. The minimum Gasteiger partial charge on any atom is -0.461 e. The zero-order valence-electron chi connectivity index (χ0n) is 19.5. The molecule has 0 N–H and O–H groups in total. The monoisotopic (exact) mass is 548 g/mol. The third-order valence-corrected chi connectivity index (χ3v) is 8.47. The molecule has 0 bridgehead atoms. The van der Waals surface area contributed by atoms with Gasteiger partial charge >= 0.3 is 6.01 Å². The second kappa shape index (κ2) is 8.10. The molecule has 1 aromatic carbocycles. The van der Waals surface area contributed by atoms with Crippen LogP contribution in [0.25, 0.3) is 10.9 Å². The van der Waals surface area contributed by atoms with Gasteiger partial charge in [0.15, 0.2) is 5.82 Å². The lowest BCUT2D eigenvalue weighted by Gasteiger charge is -2.31. The summed E-state index contributed by atoms with van der Waals surface area (Å²) in [6.45, 7) is -0.728. The average molecular weight is 550 g/mol. The minimum absolute atomic E-state index is 0.00577. The number of fused-ring (bicyclic) bond motifs is 3. The van der Waals surface area contributed by atoms with E-state index in [4.69, 9.17) is 23.8 Å². The van der Waals surface area contributed by atoms with Crippen LogP contribution in [-0.2, 0) is 4.74 Å². The smallest absolute Gasteiger partial charge is 0.319 e. The molecule has 178 valence electrons. The van der Waals surface area contributed by atoms with Crippen LogP contribution in [0.5, 0.6) is 6.01 Å². The average Bonchev–Trinajstić information content (AvgIpc) is 3.15. The van der Waals surface area contributed by atoms with Crippen molar-refractivity contribution in [3.05, 3.63) is 21.4 Å². The summed E-state index contributed by atoms with van der Waals surface area (Å²) in [6, 6.07) is 0.597. The van der Waals surface area contributed by atoms with Crippen molar-refractivity contribution < 1.29 is 25.4 Å². The Morgan fingerprint density at radius 1 is 1.36 bits per heavy atom. The van der Waals surface area contributed by atoms with Gasteiger partial charge in [-0.15, -0.1) is 0 Å². The van der Waals surface area contributed by atoms with Gasteiger partial charge < -0.3 is 14.4 Å². The van der Waals surface area contributed by atoms with Crippen molar-refractivity contribution in [2.45, 2.75) is 43.2 Å². The van der Waals surface area contributed by atoms with Crippen molar-refractivity contribution in [3.8, 4) is 6.01 Å². The standard InChI is InChI=1S/C22H23BrClF3N4O2/c23-15-14(24)6-12-18(17(15)27)28-21(33-10-22-2-1-3-30(22)8-11(25)7-22)29-20(12)31-4-5-32-9-13-16(26)19(13)31/h6,11,13,16,19H,1-5,7-10H2/t11-,13-,16?,19-,22+/m1/s1/i10D2. The van der Waals surface area contributed by atoms with Crippen LogP contribution < -0.4 is 9.64 Å². The topological polar surface area (TPSA) is 50.7 Å². The lowest BCUT2D eigenvalue weighted by molar-refractivity contribution is 0.107. The van der Waals surface area contributed by atoms with Crippen molar-refractivity contribution in [1.82, 2.24) is 14.9 Å². The van der Waals surface area contributed by atoms with E-state index in [0.717, 1.165) is 0 Å². The predicted octanol–water partition coefficient (Wildman–Crippen LogP) is 4.31. The van der Waals surface area contributed by atoms with Gasteiger partial charge in [0.25, 0.3) is 0 Å². The van der Waals surface area contributed by atoms with Crippen LogP contribution in [0.1, 0.15) is 22.0 Å². The quantitative estimate of drug-likeness (QED) is 0.530. The fourth-order valence-corrected chi connectivity index (χ4v) is 5.98. The van der Waals surface area contributed by atoms with E-state index in [1.807, 2.05) is 0 Å². The van der Waals surface area contributed by atoms with Gasteiger partial charge in [0, 0.05) is 30.8 Å². The molecule has 0 radical (unpaired) electrons. The number of anilines is 1. The van der Waals surface area contributed by atoms with E-state index in [2.05, 4.69) is 25.9 Å². The SMILES string of the molecule is [2H]C([2H])(Oc1nc(N2CCOC[C@@H]3C(F)[C@@H]32)c2cc(Cl)c(Br)c(F)c2n1)[C@@]12CCCN1C[C@H](F)C2. The Kier molecular flexibility index (Phi) is 4.88. The number of alkyl halides is 2. The summed E-state index contributed by atoms with van der Waals surface area (Å²) in [6.07, 6.45) is -1.16. The number of ether oxygens (including phenoxy) is 2. The molecule has 1 aromatic heterocycles. The number of hydrogen-bond donors (Lipinski definition) is 0. The van der Waals surface area contributed by atoms with Crippen molar-refractivity contribution in [2.75, 3.05) is 44.3 Å². The van der Waals surface area contributed by atoms with E-state index in [0.29, 0.717) is 32.5 Å². The number of aromatic nitrogens is 2. The first-order chi connectivity index (χ1) is 16.6. The number of halogens is 5. The molecular weight excluding hydrogens is 525 g/mol. The summed E-state index contributed by atoms with van der Waals surface area (Å²) in [7, 11) is 0. The zero-order chi connectivity index (χ0) is 24.7. The molecule has 5 atom stereocenters. The van der Waals surface area contributed by atoms with Crippen molar-refractivity contribution in [1.29, 1.82) is 0 Å². The summed E-state index contributed by atoms with van der Waals surface area (Å²) < 4.78 is 73.0. The Labute approximate surface area is 205 Å². The lowest BCUT2D eigenvalue weighted by atomic mass is 9.95. The lowest BCUT2D eigenvalue weighted by Crippen LogP contribution is -2.43. The summed E-state index contributed by atoms with van der Waals surface area (Å²) >= 11 is 9.35. The Hall–Kier alpha value is -1.36. The van der Waals surface area contributed by atoms with Crippen molar-refractivity contribution >= 4 is 44.3 Å². The Bertz CT molecular complexity index is 1200. The summed E-state index contributed by atoms with van der Waals surface area (Å²) in [4.78, 5) is 12.1. The van der Waals surface area contributed by atoms with E-state index in [9.17, 15) is 8.78 Å². The predicted molar refractivity (Wildman–Crippen MR) is 121 cm³/mol. The molecule has 3 aliphatic heterocycles. The first kappa shape index (κ1) is 19.9. The molecule has 0 amide bonds. The van der Waals surface area contributed by atoms with E-state index < -0.39 is 42.3 Å². The van der Waals surface area contributed by atoms with Crippen molar-refractivity contribution in [3.63, 3.8) is 0 Å². The van der Waals surface area contributed by atoms with E-state index in [1.165, 1.54) is 6.07 Å². The van der Waals surface area contributed by atoms with Crippen LogP contribution in [0, 0.1) is 11.7 Å². The van der Waals surface area contributed by atoms with Gasteiger partial charge in [-0.25, -0.2) is 13.2 Å². The highest BCUT2D eigenvalue weighted by Crippen LogP contribution is 2.46. The molecule has 1 saturated carbocycles. The summed E-state index contributed by atoms with van der Waals surface area (Å²) in [5, 5.41) is 0.355. The highest BCUT2D eigenvalue weighted by atomic mass is 79.9. The molecular formula is C22H23BrClF3N4O2. The minimum atomic E-state index is -2.35. The largest absolute Gasteiger partial charge is 0.461 e. The maximum absolute atomic E-state index is 15.3. The fraction of sp³-hybridized carbons (Fsp3) is 0.636. The second-order valence-electron chi connectivity index (χ2n) is 9.17. The molecule has 4 fully saturated rings. The van der Waals surface area contributed by atoms with Crippen LogP contribution >= 0.6 is 27.5 Å². The van der Waals surface area contributed by atoms with Crippen LogP contribution in [-0.4, -0.2) is 78.2 Å². The van der Waals surface area contributed by atoms with Gasteiger partial charge in [-0.1, -0.05) is 11.6 Å². The maximum atomic E-state index is 15.3. The number of benzene rings is 1. The van der Waals surface area contributed by atoms with E-state index in [1.54, 1.807) is 9.80 Å². The number of hydrogen-bond acceptors (Lipinski definition) is 6. The molecule has 6 nitrogen and oxygen atoms in total. The molecule has 6 rings (SSSR count). The zero-order valence-corrected chi connectivity index (χ0v) is 19.9. The molecule has 1 unspecified atom stereocenters. The van der Waals surface area contributed by atoms with Crippen molar-refractivity contribution in [2.24, 2.45) is 5.92 Å².